The van der Waals surface area contributed by atoms with E-state index in [9.17, 15) is 25.9 Å². The second kappa shape index (κ2) is 30.8. The molecule has 0 saturated carbocycles. The van der Waals surface area contributed by atoms with Crippen molar-refractivity contribution in [2.75, 3.05) is 11.5 Å². The fourth-order valence-electron chi connectivity index (χ4n) is 4.62. The summed E-state index contributed by atoms with van der Waals surface area (Å²) in [7, 11) is -8.04. The summed E-state index contributed by atoms with van der Waals surface area (Å²) in [6.07, 6.45) is 29.7. The molecule has 0 N–H and O–H groups in total. The second-order valence-corrected chi connectivity index (χ2v) is 13.4. The van der Waals surface area contributed by atoms with Crippen LogP contribution in [0.3, 0.4) is 0 Å². The molecule has 0 radical (unpaired) electrons. The van der Waals surface area contributed by atoms with Crippen LogP contribution in [0.2, 0.25) is 0 Å². The Labute approximate surface area is 274 Å². The molecule has 0 aliphatic rings. The average molecular weight is 585 g/mol. The van der Waals surface area contributed by atoms with Crippen LogP contribution in [-0.2, 0) is 20.2 Å². The summed E-state index contributed by atoms with van der Waals surface area (Å²) in [4.78, 5) is 0. The van der Waals surface area contributed by atoms with Crippen LogP contribution in [0.1, 0.15) is 161 Å². The molecule has 0 aliphatic heterocycles. The molecule has 0 amide bonds. The van der Waals surface area contributed by atoms with Gasteiger partial charge in [-0.2, -0.15) is 0 Å². The summed E-state index contributed by atoms with van der Waals surface area (Å²) >= 11 is 0. The van der Waals surface area contributed by atoms with E-state index in [4.69, 9.17) is 0 Å². The van der Waals surface area contributed by atoms with E-state index in [1.54, 1.807) is 0 Å². The van der Waals surface area contributed by atoms with Crippen molar-refractivity contribution in [2.45, 2.75) is 161 Å². The van der Waals surface area contributed by atoms with Gasteiger partial charge < -0.3 is 9.11 Å². The van der Waals surface area contributed by atoms with Crippen molar-refractivity contribution in [3.05, 3.63) is 0 Å². The zero-order chi connectivity index (χ0) is 26.1. The van der Waals surface area contributed by atoms with Gasteiger partial charge in [-0.1, -0.05) is 148 Å². The minimum atomic E-state index is -4.02. The Bertz CT molecular complexity index is 602. The van der Waals surface area contributed by atoms with E-state index in [1.807, 2.05) is 0 Å². The van der Waals surface area contributed by atoms with Crippen LogP contribution in [0.25, 0.3) is 0 Å². The Balaban J connectivity index is -0.00000578. The first-order chi connectivity index (χ1) is 16.7. The van der Waals surface area contributed by atoms with Gasteiger partial charge in [-0.3, -0.25) is 0 Å². The van der Waals surface area contributed by atoms with Gasteiger partial charge in [0.25, 0.3) is 0 Å². The predicted octanol–water partition coefficient (Wildman–Crippen LogP) is 1.84. The summed E-state index contributed by atoms with van der Waals surface area (Å²) in [6, 6.07) is 0. The molecular weight excluding hydrogens is 530 g/mol. The monoisotopic (exact) mass is 584 g/mol. The molecule has 212 valence electrons. The third-order valence-corrected chi connectivity index (χ3v) is 8.37. The molecule has 6 nitrogen and oxygen atoms in total. The van der Waals surface area contributed by atoms with Gasteiger partial charge in [-0.15, -0.1) is 0 Å². The maximum Gasteiger partial charge on any atom is 1.00 e. The zero-order valence-electron chi connectivity index (χ0n) is 24.4. The van der Waals surface area contributed by atoms with Crippen LogP contribution in [0, 0.1) is 0 Å². The summed E-state index contributed by atoms with van der Waals surface area (Å²) in [5.74, 6) is -0.413. The van der Waals surface area contributed by atoms with Gasteiger partial charge in [-0.05, 0) is 12.8 Å². The molecule has 0 unspecified atom stereocenters. The molecule has 0 spiro atoms. The molecule has 0 saturated heterocycles. The number of hydrogen-bond donors (Lipinski definition) is 0. The molecule has 0 rings (SSSR count). The minimum absolute atomic E-state index is 0. The molecule has 0 bridgehead atoms. The van der Waals surface area contributed by atoms with Crippen LogP contribution in [-0.4, -0.2) is 37.4 Å². The topological polar surface area (TPSA) is 114 Å². The quantitative estimate of drug-likeness (QED) is 0.0788. The molecule has 37 heavy (non-hydrogen) atoms. The summed E-state index contributed by atoms with van der Waals surface area (Å²) in [6.45, 7) is 0. The molecule has 0 aromatic carbocycles. The number of rotatable bonds is 28. The molecule has 0 aromatic rings. The fraction of sp³-hybridized carbons (Fsp3) is 1.00. The number of unbranched alkanes of at least 4 members (excludes halogenated alkanes) is 24. The van der Waals surface area contributed by atoms with Gasteiger partial charge in [0.1, 0.15) is 0 Å². The van der Waals surface area contributed by atoms with Crippen molar-refractivity contribution in [3.8, 4) is 0 Å². The third-order valence-electron chi connectivity index (χ3n) is 6.79. The summed E-state index contributed by atoms with van der Waals surface area (Å²) < 4.78 is 63.1. The van der Waals surface area contributed by atoms with Gasteiger partial charge in [0.15, 0.2) is 0 Å². The minimum Gasteiger partial charge on any atom is -0.748 e. The first kappa shape index (κ1) is 43.3. The Morgan fingerprint density at radius 2 is 0.378 bits per heavy atom. The van der Waals surface area contributed by atoms with E-state index in [1.165, 1.54) is 109 Å². The first-order valence-corrected chi connectivity index (χ1v) is 17.7. The SMILES string of the molecule is O=S(=O)([O-])CCCCCCCCCCCCCCCCCCCCCCCCCCCS(=O)(=O)[O-].[Na+].[Na+]. The number of hydrogen-bond acceptors (Lipinski definition) is 6. The van der Waals surface area contributed by atoms with E-state index in [0.29, 0.717) is 12.8 Å². The van der Waals surface area contributed by atoms with E-state index in [2.05, 4.69) is 0 Å². The van der Waals surface area contributed by atoms with E-state index < -0.39 is 20.2 Å². The Morgan fingerprint density at radius 3 is 0.486 bits per heavy atom. The van der Waals surface area contributed by atoms with Crippen molar-refractivity contribution in [3.63, 3.8) is 0 Å². The second-order valence-electron chi connectivity index (χ2n) is 10.4. The maximum absolute atomic E-state index is 10.5. The van der Waals surface area contributed by atoms with Gasteiger partial charge in [0.05, 0.1) is 20.2 Å². The van der Waals surface area contributed by atoms with Gasteiger partial charge in [0, 0.05) is 11.5 Å². The Kier molecular flexibility index (Phi) is 36.0. The average Bonchev–Trinajstić information content (AvgIpc) is 2.77. The van der Waals surface area contributed by atoms with Crippen LogP contribution < -0.4 is 59.1 Å². The van der Waals surface area contributed by atoms with Crippen LogP contribution >= 0.6 is 0 Å². The molecule has 10 heteroatoms. The fourth-order valence-corrected chi connectivity index (χ4v) is 5.74. The summed E-state index contributed by atoms with van der Waals surface area (Å²) in [5.41, 5.74) is 0. The maximum atomic E-state index is 10.5. The van der Waals surface area contributed by atoms with Crippen molar-refractivity contribution < 1.29 is 85.1 Å². The van der Waals surface area contributed by atoms with Crippen molar-refractivity contribution in [1.29, 1.82) is 0 Å². The molecule has 0 atom stereocenters. The molecule has 0 fully saturated rings. The predicted molar refractivity (Wildman–Crippen MR) is 145 cm³/mol. The smallest absolute Gasteiger partial charge is 0.748 e. The first-order valence-electron chi connectivity index (χ1n) is 14.6. The standard InChI is InChI=1S/C27H56O6S2.2Na/c28-34(29,30)26-24-22-20-18-16-14-12-10-8-6-4-2-1-3-5-7-9-11-13-15-17-19-21-23-25-27-35(31,32)33;;/h1-27H2,(H,28,29,30)(H,31,32,33);;/q;2*+1/p-2. The van der Waals surface area contributed by atoms with E-state index in [-0.39, 0.29) is 70.6 Å². The third kappa shape index (κ3) is 42.4. The zero-order valence-corrected chi connectivity index (χ0v) is 30.0. The van der Waals surface area contributed by atoms with Crippen LogP contribution in [0.5, 0.6) is 0 Å². The van der Waals surface area contributed by atoms with Gasteiger partial charge in [0.2, 0.25) is 0 Å². The van der Waals surface area contributed by atoms with Crippen molar-refractivity contribution in [1.82, 2.24) is 0 Å². The van der Waals surface area contributed by atoms with Gasteiger partial charge in [-0.25, -0.2) is 16.8 Å². The van der Waals surface area contributed by atoms with Crippen LogP contribution in [0.15, 0.2) is 0 Å². The molecule has 0 heterocycles. The summed E-state index contributed by atoms with van der Waals surface area (Å²) in [5, 5.41) is 0. The largest absolute Gasteiger partial charge is 1.00 e. The molecule has 0 aromatic heterocycles. The Morgan fingerprint density at radius 1 is 0.270 bits per heavy atom. The molecular formula is C27H54Na2O6S2. The van der Waals surface area contributed by atoms with Crippen molar-refractivity contribution in [2.24, 2.45) is 0 Å². The van der Waals surface area contributed by atoms with E-state index >= 15 is 0 Å². The van der Waals surface area contributed by atoms with Crippen LogP contribution in [0.4, 0.5) is 0 Å². The molecule has 0 aliphatic carbocycles. The van der Waals surface area contributed by atoms with Gasteiger partial charge >= 0.3 is 59.1 Å². The van der Waals surface area contributed by atoms with E-state index in [0.717, 1.165) is 38.5 Å². The van der Waals surface area contributed by atoms with Crippen molar-refractivity contribution >= 4 is 20.2 Å². The normalized spacial score (nSPS) is 11.7. The Hall–Kier alpha value is 1.82.